The first-order valence-corrected chi connectivity index (χ1v) is 5.29. The van der Waals surface area contributed by atoms with Gasteiger partial charge >= 0.3 is 5.97 Å². The van der Waals surface area contributed by atoms with E-state index in [1.165, 1.54) is 13.0 Å². The van der Waals surface area contributed by atoms with Gasteiger partial charge in [-0.15, -0.1) is 6.58 Å². The summed E-state index contributed by atoms with van der Waals surface area (Å²) < 4.78 is 10.2. The van der Waals surface area contributed by atoms with Crippen LogP contribution in [0.3, 0.4) is 0 Å². The van der Waals surface area contributed by atoms with E-state index in [-0.39, 0.29) is 5.75 Å². The quantitative estimate of drug-likeness (QED) is 0.484. The first-order valence-electron chi connectivity index (χ1n) is 5.29. The summed E-state index contributed by atoms with van der Waals surface area (Å²) in [6.07, 6.45) is 1.58. The third kappa shape index (κ3) is 4.18. The number of ether oxygens (including phenoxy) is 2. The topological polar surface area (TPSA) is 55.8 Å². The number of hydrogen-bond acceptors (Lipinski definition) is 4. The fourth-order valence-electron chi connectivity index (χ4n) is 1.40. The lowest BCUT2D eigenvalue weighted by Gasteiger charge is -2.15. The first-order chi connectivity index (χ1) is 8.02. The van der Waals surface area contributed by atoms with Gasteiger partial charge in [0.05, 0.1) is 0 Å². The number of carbonyl (C=O) groups excluding carboxylic acids is 1. The zero-order valence-electron chi connectivity index (χ0n) is 9.97. The summed E-state index contributed by atoms with van der Waals surface area (Å²) in [5.74, 6) is 0.327. The lowest BCUT2D eigenvalue weighted by atomic mass is 10.1. The van der Waals surface area contributed by atoms with Gasteiger partial charge in [-0.2, -0.15) is 0 Å². The Bertz CT molecular complexity index is 412. The molecule has 1 atom stereocenters. The molecule has 0 bridgehead atoms. The van der Waals surface area contributed by atoms with E-state index < -0.39 is 12.3 Å². The molecule has 1 N–H and O–H groups in total. The predicted octanol–water partition coefficient (Wildman–Crippen LogP) is 2.41. The Balaban J connectivity index is 2.74. The van der Waals surface area contributed by atoms with Crippen molar-refractivity contribution in [1.29, 1.82) is 0 Å². The Labute approximate surface area is 100 Å². The number of phenolic OH excluding ortho intramolecular Hbond substituents is 1. The lowest BCUT2D eigenvalue weighted by Crippen LogP contribution is -2.19. The van der Waals surface area contributed by atoms with Crippen LogP contribution < -0.4 is 4.74 Å². The van der Waals surface area contributed by atoms with Gasteiger partial charge in [0.1, 0.15) is 11.5 Å². The highest BCUT2D eigenvalue weighted by atomic mass is 16.7. The van der Waals surface area contributed by atoms with E-state index >= 15 is 0 Å². The number of benzene rings is 1. The molecule has 0 heterocycles. The van der Waals surface area contributed by atoms with Crippen LogP contribution in [-0.4, -0.2) is 17.4 Å². The summed E-state index contributed by atoms with van der Waals surface area (Å²) in [7, 11) is 0. The highest BCUT2D eigenvalue weighted by molar-refractivity contribution is 5.66. The molecule has 0 spiro atoms. The molecule has 0 amide bonds. The highest BCUT2D eigenvalue weighted by Gasteiger charge is 2.08. The van der Waals surface area contributed by atoms with Crippen molar-refractivity contribution in [3.63, 3.8) is 0 Å². The van der Waals surface area contributed by atoms with Gasteiger partial charge in [-0.3, -0.25) is 4.79 Å². The number of aromatic hydroxyl groups is 1. The number of carbonyl (C=O) groups is 1. The fraction of sp³-hybridized carbons (Fsp3) is 0.308. The second-order valence-electron chi connectivity index (χ2n) is 3.58. The van der Waals surface area contributed by atoms with Gasteiger partial charge < -0.3 is 14.6 Å². The van der Waals surface area contributed by atoms with Crippen LogP contribution in [0.2, 0.25) is 0 Å². The SMILES string of the molecule is C=CCc1cc(OC(C)OC(C)=O)ccc1O. The molecule has 0 aliphatic carbocycles. The van der Waals surface area contributed by atoms with Crippen molar-refractivity contribution < 1.29 is 19.4 Å². The monoisotopic (exact) mass is 236 g/mol. The Morgan fingerprint density at radius 2 is 2.29 bits per heavy atom. The molecule has 1 rings (SSSR count). The zero-order chi connectivity index (χ0) is 12.8. The Morgan fingerprint density at radius 1 is 1.59 bits per heavy atom. The van der Waals surface area contributed by atoms with Crippen molar-refractivity contribution in [2.24, 2.45) is 0 Å². The molecule has 4 heteroatoms. The molecule has 0 saturated carbocycles. The summed E-state index contributed by atoms with van der Waals surface area (Å²) in [5, 5.41) is 9.56. The second-order valence-corrected chi connectivity index (χ2v) is 3.58. The molecule has 0 fully saturated rings. The van der Waals surface area contributed by atoms with Gasteiger partial charge in [0.2, 0.25) is 6.29 Å². The van der Waals surface area contributed by atoms with Gasteiger partial charge in [0.15, 0.2) is 0 Å². The van der Waals surface area contributed by atoms with Crippen LogP contribution in [0.15, 0.2) is 30.9 Å². The molecule has 4 nitrogen and oxygen atoms in total. The van der Waals surface area contributed by atoms with E-state index in [4.69, 9.17) is 9.47 Å². The van der Waals surface area contributed by atoms with Gasteiger partial charge in [0.25, 0.3) is 0 Å². The largest absolute Gasteiger partial charge is 0.508 e. The van der Waals surface area contributed by atoms with Crippen molar-refractivity contribution in [3.8, 4) is 11.5 Å². The maximum Gasteiger partial charge on any atom is 0.305 e. The van der Waals surface area contributed by atoms with Crippen molar-refractivity contribution in [2.75, 3.05) is 0 Å². The molecular formula is C13H16O4. The number of rotatable bonds is 5. The van der Waals surface area contributed by atoms with E-state index in [9.17, 15) is 9.90 Å². The number of hydrogen-bond donors (Lipinski definition) is 1. The van der Waals surface area contributed by atoms with E-state index in [2.05, 4.69) is 6.58 Å². The predicted molar refractivity (Wildman–Crippen MR) is 63.9 cm³/mol. The normalized spacial score (nSPS) is 11.6. The standard InChI is InChI=1S/C13H16O4/c1-4-5-11-8-12(6-7-13(11)15)17-10(3)16-9(2)14/h4,6-8,10,15H,1,5H2,2-3H3. The minimum Gasteiger partial charge on any atom is -0.508 e. The van der Waals surface area contributed by atoms with E-state index in [0.29, 0.717) is 17.7 Å². The molecule has 0 radical (unpaired) electrons. The van der Waals surface area contributed by atoms with Gasteiger partial charge in [-0.05, 0) is 24.6 Å². The zero-order valence-corrected chi connectivity index (χ0v) is 9.97. The van der Waals surface area contributed by atoms with Crippen LogP contribution in [0.1, 0.15) is 19.4 Å². The minimum atomic E-state index is -0.659. The van der Waals surface area contributed by atoms with Crippen LogP contribution in [-0.2, 0) is 16.0 Å². The number of allylic oxidation sites excluding steroid dienone is 1. The molecule has 0 aromatic heterocycles. The van der Waals surface area contributed by atoms with Crippen LogP contribution in [0.25, 0.3) is 0 Å². The smallest absolute Gasteiger partial charge is 0.305 e. The van der Waals surface area contributed by atoms with Crippen LogP contribution in [0.5, 0.6) is 11.5 Å². The lowest BCUT2D eigenvalue weighted by molar-refractivity contribution is -0.158. The molecule has 0 aliphatic heterocycles. The summed E-state index contributed by atoms with van der Waals surface area (Å²) in [6, 6.07) is 4.84. The number of esters is 1. The second kappa shape index (κ2) is 5.94. The van der Waals surface area contributed by atoms with Crippen molar-refractivity contribution in [3.05, 3.63) is 36.4 Å². The number of phenols is 1. The molecule has 92 valence electrons. The van der Waals surface area contributed by atoms with Gasteiger partial charge in [0, 0.05) is 19.4 Å². The third-order valence-electron chi connectivity index (χ3n) is 2.05. The molecule has 1 aromatic carbocycles. The maximum atomic E-state index is 10.7. The Hall–Kier alpha value is -1.97. The van der Waals surface area contributed by atoms with Crippen LogP contribution >= 0.6 is 0 Å². The van der Waals surface area contributed by atoms with Gasteiger partial charge in [-0.1, -0.05) is 6.08 Å². The highest BCUT2D eigenvalue weighted by Crippen LogP contribution is 2.24. The van der Waals surface area contributed by atoms with Crippen molar-refractivity contribution >= 4 is 5.97 Å². The summed E-state index contributed by atoms with van der Waals surface area (Å²) in [5.41, 5.74) is 0.715. The van der Waals surface area contributed by atoms with E-state index in [1.807, 2.05) is 0 Å². The average molecular weight is 236 g/mol. The molecule has 0 saturated heterocycles. The molecule has 1 aromatic rings. The Morgan fingerprint density at radius 3 is 2.88 bits per heavy atom. The van der Waals surface area contributed by atoms with E-state index in [1.54, 1.807) is 25.1 Å². The summed E-state index contributed by atoms with van der Waals surface area (Å²) >= 11 is 0. The van der Waals surface area contributed by atoms with Crippen LogP contribution in [0.4, 0.5) is 0 Å². The van der Waals surface area contributed by atoms with Crippen LogP contribution in [0, 0.1) is 0 Å². The fourth-order valence-corrected chi connectivity index (χ4v) is 1.40. The molecule has 0 aliphatic rings. The molecule has 17 heavy (non-hydrogen) atoms. The van der Waals surface area contributed by atoms with Crippen molar-refractivity contribution in [1.82, 2.24) is 0 Å². The van der Waals surface area contributed by atoms with Gasteiger partial charge in [-0.25, -0.2) is 0 Å². The minimum absolute atomic E-state index is 0.192. The third-order valence-corrected chi connectivity index (χ3v) is 2.05. The first kappa shape index (κ1) is 13.1. The summed E-state index contributed by atoms with van der Waals surface area (Å²) in [6.45, 7) is 6.55. The average Bonchev–Trinajstić information content (AvgIpc) is 2.22. The van der Waals surface area contributed by atoms with E-state index in [0.717, 1.165) is 0 Å². The summed E-state index contributed by atoms with van der Waals surface area (Å²) in [4.78, 5) is 10.7. The molecule has 1 unspecified atom stereocenters. The maximum absolute atomic E-state index is 10.7. The molecular weight excluding hydrogens is 220 g/mol. The Kier molecular flexibility index (Phi) is 4.57. The van der Waals surface area contributed by atoms with Crippen molar-refractivity contribution in [2.45, 2.75) is 26.6 Å².